The van der Waals surface area contributed by atoms with Gasteiger partial charge in [-0.1, -0.05) is 12.1 Å². The van der Waals surface area contributed by atoms with Crippen molar-refractivity contribution < 1.29 is 4.79 Å². The quantitative estimate of drug-likeness (QED) is 0.858. The lowest BCUT2D eigenvalue weighted by Crippen LogP contribution is -2.43. The van der Waals surface area contributed by atoms with Gasteiger partial charge in [0.05, 0.1) is 0 Å². The van der Waals surface area contributed by atoms with Crippen molar-refractivity contribution in [1.29, 1.82) is 0 Å². The number of nitrogens with zero attached hydrogens (tertiary/aromatic N) is 2. The molecule has 0 unspecified atom stereocenters. The molecule has 2 rings (SSSR count). The number of carbonyl (C=O) groups is 1. The fraction of sp³-hybridized carbons (Fsp3) is 0.500. The second-order valence-corrected chi connectivity index (χ2v) is 4.86. The number of benzene rings is 1. The molecular weight excluding hydrogens is 226 g/mol. The van der Waals surface area contributed by atoms with Crippen molar-refractivity contribution in [2.45, 2.75) is 6.54 Å². The number of hydrogen-bond acceptors (Lipinski definition) is 3. The second kappa shape index (κ2) is 5.98. The molecule has 18 heavy (non-hydrogen) atoms. The Hall–Kier alpha value is -1.39. The van der Waals surface area contributed by atoms with Crippen molar-refractivity contribution in [2.75, 3.05) is 40.3 Å². The first-order valence-electron chi connectivity index (χ1n) is 6.41. The van der Waals surface area contributed by atoms with Crippen LogP contribution in [-0.4, -0.2) is 56.0 Å². The first kappa shape index (κ1) is 13.1. The van der Waals surface area contributed by atoms with Gasteiger partial charge in [0, 0.05) is 45.3 Å². The Labute approximate surface area is 109 Å². The number of amides is 1. The van der Waals surface area contributed by atoms with E-state index in [0.717, 1.165) is 38.3 Å². The maximum atomic E-state index is 11.4. The van der Waals surface area contributed by atoms with E-state index in [0.29, 0.717) is 0 Å². The number of carbonyl (C=O) groups excluding carboxylic acids is 1. The zero-order valence-corrected chi connectivity index (χ0v) is 11.1. The maximum absolute atomic E-state index is 11.4. The van der Waals surface area contributed by atoms with Gasteiger partial charge in [0.1, 0.15) is 0 Å². The minimum Gasteiger partial charge on any atom is -0.355 e. The van der Waals surface area contributed by atoms with Gasteiger partial charge in [0.15, 0.2) is 0 Å². The van der Waals surface area contributed by atoms with E-state index in [-0.39, 0.29) is 5.91 Å². The molecule has 0 spiro atoms. The Morgan fingerprint density at radius 2 is 1.78 bits per heavy atom. The second-order valence-electron chi connectivity index (χ2n) is 4.86. The summed E-state index contributed by atoms with van der Waals surface area (Å²) in [6.07, 6.45) is 0. The number of hydrogen-bond donors (Lipinski definition) is 1. The summed E-state index contributed by atoms with van der Waals surface area (Å²) in [7, 11) is 3.82. The standard InChI is InChI=1S/C14H21N3O/c1-15-14(18)13-5-3-12(4-6-13)11-17-9-7-16(2)8-10-17/h3-6H,7-11H2,1-2H3,(H,15,18). The molecule has 1 heterocycles. The van der Waals surface area contributed by atoms with Crippen molar-refractivity contribution in [3.63, 3.8) is 0 Å². The highest BCUT2D eigenvalue weighted by molar-refractivity contribution is 5.93. The minimum absolute atomic E-state index is 0.0267. The SMILES string of the molecule is CNC(=O)c1ccc(CN2CCN(C)CC2)cc1. The first-order chi connectivity index (χ1) is 8.69. The molecule has 0 saturated carbocycles. The number of rotatable bonds is 3. The summed E-state index contributed by atoms with van der Waals surface area (Å²) < 4.78 is 0. The van der Waals surface area contributed by atoms with Crippen molar-refractivity contribution in [3.8, 4) is 0 Å². The third kappa shape index (κ3) is 3.31. The third-order valence-electron chi connectivity index (χ3n) is 3.45. The normalized spacial score (nSPS) is 17.7. The van der Waals surface area contributed by atoms with Gasteiger partial charge >= 0.3 is 0 Å². The van der Waals surface area contributed by atoms with E-state index in [2.05, 4.69) is 22.2 Å². The van der Waals surface area contributed by atoms with Crippen LogP contribution in [0.25, 0.3) is 0 Å². The van der Waals surface area contributed by atoms with Crippen LogP contribution in [0.4, 0.5) is 0 Å². The molecule has 4 heteroatoms. The molecule has 0 aromatic heterocycles. The monoisotopic (exact) mass is 247 g/mol. The lowest BCUT2D eigenvalue weighted by Gasteiger charge is -2.32. The zero-order chi connectivity index (χ0) is 13.0. The fourth-order valence-corrected chi connectivity index (χ4v) is 2.17. The van der Waals surface area contributed by atoms with E-state index >= 15 is 0 Å². The molecule has 4 nitrogen and oxygen atoms in total. The van der Waals surface area contributed by atoms with Gasteiger partial charge in [-0.25, -0.2) is 0 Å². The summed E-state index contributed by atoms with van der Waals surface area (Å²) in [6, 6.07) is 7.88. The molecule has 1 aliphatic heterocycles. The molecule has 1 aromatic carbocycles. The molecular formula is C14H21N3O. The summed E-state index contributed by atoms with van der Waals surface area (Å²) in [5, 5.41) is 2.63. The molecule has 1 fully saturated rings. The Morgan fingerprint density at radius 1 is 1.17 bits per heavy atom. The van der Waals surface area contributed by atoms with E-state index in [1.54, 1.807) is 7.05 Å². The molecule has 1 saturated heterocycles. The molecule has 0 aliphatic carbocycles. The van der Waals surface area contributed by atoms with E-state index in [4.69, 9.17) is 0 Å². The van der Waals surface area contributed by atoms with E-state index in [1.165, 1.54) is 5.56 Å². The molecule has 0 atom stereocenters. The molecule has 98 valence electrons. The van der Waals surface area contributed by atoms with Crippen LogP contribution in [0, 0.1) is 0 Å². The maximum Gasteiger partial charge on any atom is 0.251 e. The topological polar surface area (TPSA) is 35.6 Å². The Balaban J connectivity index is 1.92. The van der Waals surface area contributed by atoms with Crippen LogP contribution in [0.1, 0.15) is 15.9 Å². The van der Waals surface area contributed by atoms with E-state index < -0.39 is 0 Å². The first-order valence-corrected chi connectivity index (χ1v) is 6.41. The van der Waals surface area contributed by atoms with Crippen LogP contribution in [0.2, 0.25) is 0 Å². The summed E-state index contributed by atoms with van der Waals surface area (Å²) in [5.41, 5.74) is 1.99. The highest BCUT2D eigenvalue weighted by Gasteiger charge is 2.13. The zero-order valence-electron chi connectivity index (χ0n) is 11.1. The van der Waals surface area contributed by atoms with Crippen molar-refractivity contribution in [2.24, 2.45) is 0 Å². The molecule has 1 aromatic rings. The molecule has 1 aliphatic rings. The Kier molecular flexibility index (Phi) is 4.33. The van der Waals surface area contributed by atoms with Gasteiger partial charge in [-0.05, 0) is 24.7 Å². The molecule has 0 radical (unpaired) electrons. The number of piperazine rings is 1. The summed E-state index contributed by atoms with van der Waals surface area (Å²) >= 11 is 0. The van der Waals surface area contributed by atoms with Crippen LogP contribution in [0.3, 0.4) is 0 Å². The van der Waals surface area contributed by atoms with Gasteiger partial charge < -0.3 is 10.2 Å². The number of nitrogens with one attached hydrogen (secondary N) is 1. The molecule has 1 amide bonds. The minimum atomic E-state index is -0.0267. The van der Waals surface area contributed by atoms with Crippen molar-refractivity contribution in [1.82, 2.24) is 15.1 Å². The lowest BCUT2D eigenvalue weighted by atomic mass is 10.1. The van der Waals surface area contributed by atoms with Crippen LogP contribution in [0.15, 0.2) is 24.3 Å². The van der Waals surface area contributed by atoms with Crippen molar-refractivity contribution in [3.05, 3.63) is 35.4 Å². The van der Waals surface area contributed by atoms with Gasteiger partial charge in [0.25, 0.3) is 5.91 Å². The van der Waals surface area contributed by atoms with Crippen LogP contribution < -0.4 is 5.32 Å². The van der Waals surface area contributed by atoms with E-state index in [9.17, 15) is 4.79 Å². The molecule has 1 N–H and O–H groups in total. The largest absolute Gasteiger partial charge is 0.355 e. The third-order valence-corrected chi connectivity index (χ3v) is 3.45. The summed E-state index contributed by atoms with van der Waals surface area (Å²) in [6.45, 7) is 5.48. The number of likely N-dealkylation sites (N-methyl/N-ethyl adjacent to an activating group) is 1. The van der Waals surface area contributed by atoms with Crippen LogP contribution in [0.5, 0.6) is 0 Å². The Morgan fingerprint density at radius 3 is 2.33 bits per heavy atom. The van der Waals surface area contributed by atoms with Gasteiger partial charge in [-0.15, -0.1) is 0 Å². The van der Waals surface area contributed by atoms with Crippen LogP contribution >= 0.6 is 0 Å². The lowest BCUT2D eigenvalue weighted by molar-refractivity contribution is 0.0963. The predicted molar refractivity (Wildman–Crippen MR) is 72.6 cm³/mol. The highest BCUT2D eigenvalue weighted by atomic mass is 16.1. The van der Waals surface area contributed by atoms with Crippen molar-refractivity contribution >= 4 is 5.91 Å². The van der Waals surface area contributed by atoms with Crippen LogP contribution in [-0.2, 0) is 6.54 Å². The predicted octanol–water partition coefficient (Wildman–Crippen LogP) is 0.794. The average Bonchev–Trinajstić information content (AvgIpc) is 2.41. The average molecular weight is 247 g/mol. The fourth-order valence-electron chi connectivity index (χ4n) is 2.17. The highest BCUT2D eigenvalue weighted by Crippen LogP contribution is 2.09. The summed E-state index contributed by atoms with van der Waals surface area (Å²) in [4.78, 5) is 16.2. The Bertz CT molecular complexity index is 394. The summed E-state index contributed by atoms with van der Waals surface area (Å²) in [5.74, 6) is -0.0267. The smallest absolute Gasteiger partial charge is 0.251 e. The molecule has 0 bridgehead atoms. The van der Waals surface area contributed by atoms with E-state index in [1.807, 2.05) is 24.3 Å². The van der Waals surface area contributed by atoms with Gasteiger partial charge in [-0.2, -0.15) is 0 Å². The van der Waals surface area contributed by atoms with Gasteiger partial charge in [0.2, 0.25) is 0 Å². The van der Waals surface area contributed by atoms with Gasteiger partial charge in [-0.3, -0.25) is 9.69 Å².